The van der Waals surface area contributed by atoms with Crippen LogP contribution in [-0.4, -0.2) is 21.3 Å². The number of hydrogen-bond acceptors (Lipinski definition) is 5. The molecule has 0 aliphatic rings. The van der Waals surface area contributed by atoms with Crippen LogP contribution < -0.4 is 4.74 Å². The molecule has 0 spiro atoms. The molecule has 1 aromatic carbocycles. The summed E-state index contributed by atoms with van der Waals surface area (Å²) in [7, 11) is 0. The van der Waals surface area contributed by atoms with Crippen molar-refractivity contribution in [3.05, 3.63) is 40.8 Å². The molecule has 0 saturated heterocycles. The number of carboxylic acid groups (broad SMARTS) is 1. The summed E-state index contributed by atoms with van der Waals surface area (Å²) in [5, 5.41) is 15.4. The summed E-state index contributed by atoms with van der Waals surface area (Å²) >= 11 is 5.73. The molecule has 2 aromatic rings. The first-order valence-corrected chi connectivity index (χ1v) is 5.07. The van der Waals surface area contributed by atoms with Gasteiger partial charge in [0.25, 0.3) is 5.89 Å². The maximum atomic E-state index is 12.8. The van der Waals surface area contributed by atoms with Crippen LogP contribution in [0.2, 0.25) is 5.02 Å². The fourth-order valence-electron chi connectivity index (χ4n) is 1.13. The molecule has 94 valence electrons. The van der Waals surface area contributed by atoms with E-state index in [1.54, 1.807) is 0 Å². The zero-order valence-electron chi connectivity index (χ0n) is 8.76. The molecule has 0 unspecified atom stereocenters. The summed E-state index contributed by atoms with van der Waals surface area (Å²) in [6.07, 6.45) is 0. The number of halogens is 2. The molecule has 0 amide bonds. The highest BCUT2D eigenvalue weighted by Gasteiger charge is 2.13. The van der Waals surface area contributed by atoms with Crippen LogP contribution in [0.5, 0.6) is 5.75 Å². The molecule has 1 heterocycles. The van der Waals surface area contributed by atoms with E-state index in [2.05, 4.69) is 10.2 Å². The van der Waals surface area contributed by atoms with Crippen LogP contribution in [0.3, 0.4) is 0 Å². The number of carbonyl (C=O) groups is 1. The van der Waals surface area contributed by atoms with Gasteiger partial charge in [-0.05, 0) is 18.2 Å². The van der Waals surface area contributed by atoms with Gasteiger partial charge in [0.15, 0.2) is 6.61 Å². The van der Waals surface area contributed by atoms with Crippen LogP contribution in [0.4, 0.5) is 4.39 Å². The lowest BCUT2D eigenvalue weighted by molar-refractivity contribution is 0.0649. The van der Waals surface area contributed by atoms with Gasteiger partial charge in [0.2, 0.25) is 0 Å². The third-order valence-electron chi connectivity index (χ3n) is 1.89. The molecule has 6 nitrogen and oxygen atoms in total. The second-order valence-corrected chi connectivity index (χ2v) is 3.58. The van der Waals surface area contributed by atoms with Crippen molar-refractivity contribution in [2.45, 2.75) is 6.61 Å². The number of ether oxygens (including phenoxy) is 1. The Bertz CT molecular complexity index is 587. The molecule has 18 heavy (non-hydrogen) atoms. The zero-order chi connectivity index (χ0) is 13.1. The highest BCUT2D eigenvalue weighted by atomic mass is 35.5. The van der Waals surface area contributed by atoms with Crippen LogP contribution in [-0.2, 0) is 6.61 Å². The maximum absolute atomic E-state index is 12.8. The van der Waals surface area contributed by atoms with E-state index in [1.165, 1.54) is 12.1 Å². The van der Waals surface area contributed by atoms with E-state index in [1.807, 2.05) is 0 Å². The van der Waals surface area contributed by atoms with E-state index in [0.29, 0.717) is 0 Å². The van der Waals surface area contributed by atoms with E-state index >= 15 is 0 Å². The Morgan fingerprint density at radius 1 is 1.50 bits per heavy atom. The van der Waals surface area contributed by atoms with E-state index in [4.69, 9.17) is 25.9 Å². The predicted octanol–water partition coefficient (Wildman–Crippen LogP) is 2.14. The number of aromatic nitrogens is 2. The molecule has 0 atom stereocenters. The number of aromatic carboxylic acids is 1. The molecule has 2 rings (SSSR count). The molecule has 0 radical (unpaired) electrons. The Labute approximate surface area is 105 Å². The van der Waals surface area contributed by atoms with Crippen molar-refractivity contribution >= 4 is 17.6 Å². The normalized spacial score (nSPS) is 10.3. The highest BCUT2D eigenvalue weighted by molar-refractivity contribution is 6.32. The van der Waals surface area contributed by atoms with Crippen LogP contribution in [0.25, 0.3) is 0 Å². The molecule has 0 bridgehead atoms. The average Bonchev–Trinajstić information content (AvgIpc) is 2.76. The van der Waals surface area contributed by atoms with Crippen molar-refractivity contribution in [3.8, 4) is 5.75 Å². The Morgan fingerprint density at radius 2 is 2.28 bits per heavy atom. The topological polar surface area (TPSA) is 85.5 Å². The lowest BCUT2D eigenvalue weighted by Gasteiger charge is -2.04. The van der Waals surface area contributed by atoms with Crippen LogP contribution in [0, 0.1) is 5.82 Å². The quantitative estimate of drug-likeness (QED) is 0.918. The minimum absolute atomic E-state index is 0.0206. The van der Waals surface area contributed by atoms with E-state index in [-0.39, 0.29) is 23.3 Å². The van der Waals surface area contributed by atoms with E-state index < -0.39 is 17.7 Å². The Kier molecular flexibility index (Phi) is 3.42. The van der Waals surface area contributed by atoms with Crippen molar-refractivity contribution in [2.24, 2.45) is 0 Å². The largest absolute Gasteiger partial charge is 0.482 e. The minimum atomic E-state index is -1.33. The lowest BCUT2D eigenvalue weighted by Crippen LogP contribution is -1.96. The van der Waals surface area contributed by atoms with Gasteiger partial charge in [-0.25, -0.2) is 9.18 Å². The number of rotatable bonds is 4. The Balaban J connectivity index is 2.04. The van der Waals surface area contributed by atoms with Gasteiger partial charge in [-0.1, -0.05) is 11.6 Å². The second-order valence-electron chi connectivity index (χ2n) is 3.17. The molecule has 0 saturated carbocycles. The average molecular weight is 273 g/mol. The van der Waals surface area contributed by atoms with Gasteiger partial charge in [0.1, 0.15) is 11.6 Å². The third-order valence-corrected chi connectivity index (χ3v) is 2.19. The smallest absolute Gasteiger partial charge is 0.393 e. The molecular weight excluding hydrogens is 267 g/mol. The van der Waals surface area contributed by atoms with E-state index in [9.17, 15) is 9.18 Å². The Hall–Kier alpha value is -2.15. The van der Waals surface area contributed by atoms with Crippen LogP contribution in [0.1, 0.15) is 16.6 Å². The summed E-state index contributed by atoms with van der Waals surface area (Å²) in [4.78, 5) is 10.5. The lowest BCUT2D eigenvalue weighted by atomic mass is 10.3. The Morgan fingerprint density at radius 3 is 2.89 bits per heavy atom. The van der Waals surface area contributed by atoms with Crippen LogP contribution in [0.15, 0.2) is 22.6 Å². The van der Waals surface area contributed by atoms with Crippen molar-refractivity contribution < 1.29 is 23.4 Å². The summed E-state index contributed by atoms with van der Waals surface area (Å²) in [5.41, 5.74) is 0. The summed E-state index contributed by atoms with van der Waals surface area (Å²) in [6, 6.07) is 3.61. The number of hydrogen-bond donors (Lipinski definition) is 1. The number of carboxylic acids is 1. The van der Waals surface area contributed by atoms with Gasteiger partial charge in [-0.15, -0.1) is 10.2 Å². The molecule has 0 aliphatic carbocycles. The summed E-state index contributed by atoms with van der Waals surface area (Å²) in [6.45, 7) is -0.161. The minimum Gasteiger partial charge on any atom is -0.482 e. The van der Waals surface area contributed by atoms with Crippen molar-refractivity contribution in [2.75, 3.05) is 0 Å². The molecule has 0 aliphatic heterocycles. The van der Waals surface area contributed by atoms with Crippen molar-refractivity contribution in [1.82, 2.24) is 10.2 Å². The van der Waals surface area contributed by atoms with E-state index in [0.717, 1.165) is 6.07 Å². The second kappa shape index (κ2) is 5.01. The van der Waals surface area contributed by atoms with Gasteiger partial charge >= 0.3 is 11.9 Å². The first kappa shape index (κ1) is 12.3. The van der Waals surface area contributed by atoms with Gasteiger partial charge in [0, 0.05) is 0 Å². The first-order valence-electron chi connectivity index (χ1n) is 4.70. The van der Waals surface area contributed by atoms with Crippen molar-refractivity contribution in [1.29, 1.82) is 0 Å². The number of nitrogens with zero attached hydrogens (tertiary/aromatic N) is 2. The first-order chi connectivity index (χ1) is 8.56. The molecule has 8 heteroatoms. The summed E-state index contributed by atoms with van der Waals surface area (Å²) < 4.78 is 22.7. The van der Waals surface area contributed by atoms with Gasteiger partial charge in [0.05, 0.1) is 5.02 Å². The SMILES string of the molecule is O=C(O)c1nnc(COc2ccc(F)cc2Cl)o1. The standard InChI is InChI=1S/C10H6ClFN2O4/c11-6-3-5(12)1-2-7(6)17-4-8-13-14-9(18-8)10(15)16/h1-3H,4H2,(H,15,16). The molecular formula is C10H6ClFN2O4. The molecule has 1 aromatic heterocycles. The third kappa shape index (κ3) is 2.75. The molecule has 1 N–H and O–H groups in total. The van der Waals surface area contributed by atoms with Gasteiger partial charge in [-0.2, -0.15) is 0 Å². The van der Waals surface area contributed by atoms with Crippen LogP contribution >= 0.6 is 11.6 Å². The fourth-order valence-corrected chi connectivity index (χ4v) is 1.35. The van der Waals surface area contributed by atoms with Gasteiger partial charge in [-0.3, -0.25) is 0 Å². The fraction of sp³-hybridized carbons (Fsp3) is 0.100. The molecule has 0 fully saturated rings. The van der Waals surface area contributed by atoms with Gasteiger partial charge < -0.3 is 14.3 Å². The predicted molar refractivity (Wildman–Crippen MR) is 57.0 cm³/mol. The zero-order valence-corrected chi connectivity index (χ0v) is 9.52. The number of benzene rings is 1. The highest BCUT2D eigenvalue weighted by Crippen LogP contribution is 2.25. The van der Waals surface area contributed by atoms with Crippen molar-refractivity contribution in [3.63, 3.8) is 0 Å². The maximum Gasteiger partial charge on any atom is 0.393 e. The monoisotopic (exact) mass is 272 g/mol. The summed E-state index contributed by atoms with van der Waals surface area (Å²) in [5.74, 6) is -2.13.